The largest absolute Gasteiger partial charge is 0.456 e. The molecular formula is C27H34O14. The first-order valence-electron chi connectivity index (χ1n) is 13.1. The van der Waals surface area contributed by atoms with Crippen LogP contribution in [0.1, 0.15) is 46.5 Å². The number of hydrogen-bond acceptors (Lipinski definition) is 14. The first-order valence-corrected chi connectivity index (χ1v) is 13.1. The molecule has 1 aromatic rings. The van der Waals surface area contributed by atoms with Gasteiger partial charge in [-0.05, 0) is 6.92 Å². The fraction of sp³-hybridized carbons (Fsp3) is 0.630. The van der Waals surface area contributed by atoms with Gasteiger partial charge in [0.15, 0.2) is 43.3 Å². The summed E-state index contributed by atoms with van der Waals surface area (Å²) in [6, 6.07) is 9.03. The molecule has 14 nitrogen and oxygen atoms in total. The molecule has 226 valence electrons. The van der Waals surface area contributed by atoms with Crippen LogP contribution in [0.4, 0.5) is 0 Å². The summed E-state index contributed by atoms with van der Waals surface area (Å²) < 4.78 is 51.6. The van der Waals surface area contributed by atoms with Crippen molar-refractivity contribution in [2.24, 2.45) is 0 Å². The van der Waals surface area contributed by atoms with E-state index in [-0.39, 0.29) is 6.61 Å². The Morgan fingerprint density at radius 1 is 0.732 bits per heavy atom. The number of ether oxygens (including phenoxy) is 9. The van der Waals surface area contributed by atoms with E-state index in [0.717, 1.165) is 20.8 Å². The molecule has 0 aromatic heterocycles. The maximum Gasteiger partial charge on any atom is 0.303 e. The van der Waals surface area contributed by atoms with Crippen molar-refractivity contribution < 1.29 is 66.9 Å². The molecule has 1 aromatic carbocycles. The summed E-state index contributed by atoms with van der Waals surface area (Å²) >= 11 is 0. The van der Waals surface area contributed by atoms with E-state index in [0.29, 0.717) is 5.56 Å². The van der Waals surface area contributed by atoms with Crippen molar-refractivity contribution in [2.45, 2.75) is 102 Å². The molecular weight excluding hydrogens is 548 g/mol. The highest BCUT2D eigenvalue weighted by Gasteiger charge is 2.57. The minimum atomic E-state index is -1.64. The second kappa shape index (κ2) is 13.2. The lowest BCUT2D eigenvalue weighted by atomic mass is 9.95. The van der Waals surface area contributed by atoms with E-state index in [4.69, 9.17) is 42.6 Å². The van der Waals surface area contributed by atoms with E-state index in [1.807, 2.05) is 6.07 Å². The van der Waals surface area contributed by atoms with Crippen LogP contribution in [-0.4, -0.2) is 97.0 Å². The number of esters is 4. The maximum absolute atomic E-state index is 12.1. The molecule has 3 fully saturated rings. The Morgan fingerprint density at radius 3 is 1.90 bits per heavy atom. The molecule has 0 aliphatic carbocycles. The summed E-state index contributed by atoms with van der Waals surface area (Å²) in [5.74, 6) is -2.93. The first-order chi connectivity index (χ1) is 19.4. The van der Waals surface area contributed by atoms with E-state index in [1.54, 1.807) is 31.2 Å². The van der Waals surface area contributed by atoms with Crippen molar-refractivity contribution >= 4 is 23.9 Å². The van der Waals surface area contributed by atoms with Crippen LogP contribution in [0.2, 0.25) is 0 Å². The molecule has 3 heterocycles. The van der Waals surface area contributed by atoms with Crippen LogP contribution in [0.25, 0.3) is 0 Å². The van der Waals surface area contributed by atoms with E-state index in [2.05, 4.69) is 0 Å². The second-order valence-electron chi connectivity index (χ2n) is 9.85. The number of benzene rings is 1. The quantitative estimate of drug-likeness (QED) is 0.351. The highest BCUT2D eigenvalue weighted by Crippen LogP contribution is 2.38. The average Bonchev–Trinajstić information content (AvgIpc) is 2.89. The number of aliphatic hydroxyl groups excluding tert-OH is 1. The number of carbonyl (C=O) groups is 4. The molecule has 1 unspecified atom stereocenters. The van der Waals surface area contributed by atoms with Crippen LogP contribution in [-0.2, 0) is 61.8 Å². The fourth-order valence-electron chi connectivity index (χ4n) is 5.05. The van der Waals surface area contributed by atoms with Gasteiger partial charge >= 0.3 is 23.9 Å². The number of hydrogen-bond donors (Lipinski definition) is 1. The van der Waals surface area contributed by atoms with Gasteiger partial charge < -0.3 is 47.7 Å². The van der Waals surface area contributed by atoms with Crippen molar-refractivity contribution in [1.82, 2.24) is 0 Å². The van der Waals surface area contributed by atoms with Crippen LogP contribution < -0.4 is 0 Å². The van der Waals surface area contributed by atoms with Crippen molar-refractivity contribution in [1.29, 1.82) is 0 Å². The second-order valence-corrected chi connectivity index (χ2v) is 9.85. The van der Waals surface area contributed by atoms with E-state index >= 15 is 0 Å². The zero-order valence-electron chi connectivity index (χ0n) is 23.2. The van der Waals surface area contributed by atoms with Crippen LogP contribution in [0.3, 0.4) is 0 Å². The van der Waals surface area contributed by atoms with E-state index in [1.165, 1.54) is 6.92 Å². The van der Waals surface area contributed by atoms with Gasteiger partial charge in [0.25, 0.3) is 0 Å². The van der Waals surface area contributed by atoms with Gasteiger partial charge in [0.2, 0.25) is 0 Å². The third kappa shape index (κ3) is 7.39. The average molecular weight is 583 g/mol. The zero-order chi connectivity index (χ0) is 29.8. The van der Waals surface area contributed by atoms with Crippen LogP contribution in [0, 0.1) is 0 Å². The number of rotatable bonds is 7. The molecule has 41 heavy (non-hydrogen) atoms. The van der Waals surface area contributed by atoms with Crippen LogP contribution in [0.15, 0.2) is 30.3 Å². The first kappa shape index (κ1) is 30.8. The van der Waals surface area contributed by atoms with Gasteiger partial charge in [0.1, 0.15) is 18.3 Å². The number of aliphatic hydroxyl groups is 1. The highest BCUT2D eigenvalue weighted by molar-refractivity contribution is 5.68. The van der Waals surface area contributed by atoms with Crippen molar-refractivity contribution in [3.8, 4) is 0 Å². The van der Waals surface area contributed by atoms with Crippen molar-refractivity contribution in [3.05, 3.63) is 35.9 Å². The Bertz CT molecular complexity index is 1090. The standard InChI is InChI=1S/C27H34O14/c1-12-19(35-13(2)28)21(36-14(3)29)24(38-16(5)31)27(34-12)41-22-20-18(39-25(32)23(22)37-15(4)30)11-33-26(40-20)17-9-7-6-8-10-17/h6-10,12,18-27,32H,11H2,1-5H3/t12-,18+,19-,20+,21+,22-,23+,24+,25?,26+,27-/m0/s1. The van der Waals surface area contributed by atoms with Gasteiger partial charge in [-0.15, -0.1) is 0 Å². The molecule has 0 saturated carbocycles. The SMILES string of the molecule is CC(=O)O[C@@H]1[C@@H](OC(C)=O)[C@H](C)O[C@@H](O[C@H]2[C@@H]3O[C@H](c4ccccc4)OC[C@H]3OC(O)[C@@H]2OC(C)=O)[C@@H]1OC(C)=O. The van der Waals surface area contributed by atoms with Gasteiger partial charge in [-0.25, -0.2) is 0 Å². The van der Waals surface area contributed by atoms with Gasteiger partial charge in [-0.3, -0.25) is 19.2 Å². The smallest absolute Gasteiger partial charge is 0.303 e. The lowest BCUT2D eigenvalue weighted by Gasteiger charge is -2.50. The number of fused-ring (bicyclic) bond motifs is 1. The topological polar surface area (TPSA) is 172 Å². The molecule has 3 aliphatic heterocycles. The van der Waals surface area contributed by atoms with Gasteiger partial charge in [0.05, 0.1) is 12.7 Å². The predicted octanol–water partition coefficient (Wildman–Crippen LogP) is 0.675. The summed E-state index contributed by atoms with van der Waals surface area (Å²) in [6.45, 7) is 6.12. The Morgan fingerprint density at radius 2 is 1.29 bits per heavy atom. The summed E-state index contributed by atoms with van der Waals surface area (Å²) in [5.41, 5.74) is 0.694. The van der Waals surface area contributed by atoms with Gasteiger partial charge in [-0.2, -0.15) is 0 Å². The Balaban J connectivity index is 1.69. The van der Waals surface area contributed by atoms with E-state index in [9.17, 15) is 24.3 Å². The third-order valence-electron chi connectivity index (χ3n) is 6.60. The molecule has 0 bridgehead atoms. The molecule has 0 radical (unpaired) electrons. The Labute approximate surface area is 236 Å². The summed E-state index contributed by atoms with van der Waals surface area (Å²) in [5, 5.41) is 10.8. The number of carbonyl (C=O) groups excluding carboxylic acids is 4. The molecule has 1 N–H and O–H groups in total. The molecule has 3 aliphatic rings. The monoisotopic (exact) mass is 582 g/mol. The predicted molar refractivity (Wildman–Crippen MR) is 132 cm³/mol. The summed E-state index contributed by atoms with van der Waals surface area (Å²) in [4.78, 5) is 48.0. The van der Waals surface area contributed by atoms with Gasteiger partial charge in [0, 0.05) is 33.3 Å². The van der Waals surface area contributed by atoms with Crippen LogP contribution in [0.5, 0.6) is 0 Å². The molecule has 14 heteroatoms. The Hall–Kier alpha value is -3.14. The van der Waals surface area contributed by atoms with Crippen molar-refractivity contribution in [3.63, 3.8) is 0 Å². The minimum Gasteiger partial charge on any atom is -0.456 e. The minimum absolute atomic E-state index is 0.00611. The Kier molecular flexibility index (Phi) is 9.94. The lowest BCUT2D eigenvalue weighted by molar-refractivity contribution is -0.387. The lowest BCUT2D eigenvalue weighted by Crippen LogP contribution is -2.67. The van der Waals surface area contributed by atoms with E-state index < -0.39 is 91.6 Å². The fourth-order valence-corrected chi connectivity index (χ4v) is 5.05. The summed E-state index contributed by atoms with van der Waals surface area (Å²) in [6.07, 6.45) is -13.3. The zero-order valence-corrected chi connectivity index (χ0v) is 23.2. The maximum atomic E-state index is 12.1. The molecule has 3 saturated heterocycles. The molecule has 11 atom stereocenters. The third-order valence-corrected chi connectivity index (χ3v) is 6.60. The normalized spacial score (nSPS) is 36.8. The van der Waals surface area contributed by atoms with Gasteiger partial charge in [-0.1, -0.05) is 30.3 Å². The van der Waals surface area contributed by atoms with Crippen LogP contribution >= 0.6 is 0 Å². The van der Waals surface area contributed by atoms with Crippen molar-refractivity contribution in [2.75, 3.05) is 6.61 Å². The summed E-state index contributed by atoms with van der Waals surface area (Å²) in [7, 11) is 0. The highest BCUT2D eigenvalue weighted by atomic mass is 16.8. The molecule has 0 amide bonds. The molecule has 4 rings (SSSR count). The molecule has 0 spiro atoms.